The van der Waals surface area contributed by atoms with Crippen LogP contribution in [0.25, 0.3) is 0 Å². The van der Waals surface area contributed by atoms with E-state index in [0.29, 0.717) is 17.8 Å². The Morgan fingerprint density at radius 3 is 2.52 bits per heavy atom. The fraction of sp³-hybridized carbons (Fsp3) is 0.828. The first-order chi connectivity index (χ1) is 14.5. The number of allylic oxidation sites excluding steroid dienone is 4. The molecular formula is C29H46O2. The highest BCUT2D eigenvalue weighted by Gasteiger charge is 2.61. The maximum atomic E-state index is 12.2. The van der Waals surface area contributed by atoms with Gasteiger partial charge in [0.05, 0.1) is 0 Å². The lowest BCUT2D eigenvalue weighted by Gasteiger charge is -2.56. The van der Waals surface area contributed by atoms with E-state index >= 15 is 0 Å². The molecule has 3 aliphatic carbocycles. The number of cyclic esters (lactones) is 1. The van der Waals surface area contributed by atoms with E-state index in [1.807, 2.05) is 0 Å². The fourth-order valence-electron chi connectivity index (χ4n) is 8.28. The zero-order chi connectivity index (χ0) is 22.6. The number of ether oxygens (including phenoxy) is 1. The Balaban J connectivity index is 1.63. The normalized spacial score (nSPS) is 43.2. The van der Waals surface area contributed by atoms with Gasteiger partial charge >= 0.3 is 5.97 Å². The van der Waals surface area contributed by atoms with Crippen molar-refractivity contribution in [2.75, 3.05) is 0 Å². The molecule has 0 N–H and O–H groups in total. The number of carbonyl (C=O) groups is 1. The third-order valence-corrected chi connectivity index (χ3v) is 10.5. The summed E-state index contributed by atoms with van der Waals surface area (Å²) in [6, 6.07) is 0. The standard InChI is InChI=1S/C29H46O2/c1-19(2)9-8-10-20(3)22-13-17-29(7)25-12-11-23-21(4)31-26(30)15-16-27(23,5)24(25)14-18-28(22,29)6/h12,14,19-23H,8-11,13,15-18H2,1-7H3/t20?,21-,22?,23?,27-,28+,29-/m0/s1. The average Bonchev–Trinajstić information content (AvgIpc) is 2.91. The van der Waals surface area contributed by atoms with Gasteiger partial charge in [-0.25, -0.2) is 0 Å². The number of esters is 1. The minimum absolute atomic E-state index is 0.00622. The molecule has 31 heavy (non-hydrogen) atoms. The second-order valence-corrected chi connectivity index (χ2v) is 12.6. The summed E-state index contributed by atoms with van der Waals surface area (Å²) >= 11 is 0. The first-order valence-electron chi connectivity index (χ1n) is 13.1. The zero-order valence-corrected chi connectivity index (χ0v) is 21.2. The average molecular weight is 427 g/mol. The van der Waals surface area contributed by atoms with Gasteiger partial charge in [0.15, 0.2) is 0 Å². The van der Waals surface area contributed by atoms with Crippen molar-refractivity contribution in [2.24, 2.45) is 39.9 Å². The summed E-state index contributed by atoms with van der Waals surface area (Å²) in [6.45, 7) is 17.0. The number of hydrogen-bond acceptors (Lipinski definition) is 2. The van der Waals surface area contributed by atoms with Crippen LogP contribution in [0.3, 0.4) is 0 Å². The van der Waals surface area contributed by atoms with Gasteiger partial charge < -0.3 is 4.74 Å². The van der Waals surface area contributed by atoms with Crippen molar-refractivity contribution in [1.29, 1.82) is 0 Å². The molecule has 4 rings (SSSR count). The van der Waals surface area contributed by atoms with Crippen molar-refractivity contribution >= 4 is 5.97 Å². The number of hydrogen-bond donors (Lipinski definition) is 0. The molecule has 3 unspecified atom stereocenters. The summed E-state index contributed by atoms with van der Waals surface area (Å²) in [4.78, 5) is 12.2. The van der Waals surface area contributed by atoms with Gasteiger partial charge in [-0.2, -0.15) is 0 Å². The molecule has 0 bridgehead atoms. The van der Waals surface area contributed by atoms with Crippen LogP contribution < -0.4 is 0 Å². The van der Waals surface area contributed by atoms with Crippen LogP contribution in [0.1, 0.15) is 106 Å². The largest absolute Gasteiger partial charge is 0.462 e. The molecule has 2 fully saturated rings. The van der Waals surface area contributed by atoms with E-state index in [0.717, 1.165) is 30.6 Å². The van der Waals surface area contributed by atoms with E-state index < -0.39 is 0 Å². The molecule has 2 nitrogen and oxygen atoms in total. The Morgan fingerprint density at radius 2 is 1.81 bits per heavy atom. The Hall–Kier alpha value is -1.05. The van der Waals surface area contributed by atoms with E-state index in [4.69, 9.17) is 4.74 Å². The Kier molecular flexibility index (Phi) is 6.02. The first-order valence-corrected chi connectivity index (χ1v) is 13.1. The van der Waals surface area contributed by atoms with Crippen molar-refractivity contribution in [3.05, 3.63) is 23.3 Å². The predicted octanol–water partition coefficient (Wildman–Crippen LogP) is 7.88. The Bertz CT molecular complexity index is 776. The van der Waals surface area contributed by atoms with Crippen LogP contribution in [0.4, 0.5) is 0 Å². The summed E-state index contributed by atoms with van der Waals surface area (Å²) in [5.74, 6) is 2.84. The van der Waals surface area contributed by atoms with E-state index in [1.165, 1.54) is 38.5 Å². The van der Waals surface area contributed by atoms with Crippen LogP contribution in [0, 0.1) is 39.9 Å². The van der Waals surface area contributed by atoms with Crippen LogP contribution in [0.2, 0.25) is 0 Å². The van der Waals surface area contributed by atoms with Crippen LogP contribution in [-0.4, -0.2) is 12.1 Å². The summed E-state index contributed by atoms with van der Waals surface area (Å²) in [6.07, 6.45) is 15.7. The van der Waals surface area contributed by atoms with Crippen LogP contribution in [-0.2, 0) is 9.53 Å². The summed E-state index contributed by atoms with van der Waals surface area (Å²) in [7, 11) is 0. The van der Waals surface area contributed by atoms with Gasteiger partial charge in [-0.3, -0.25) is 4.79 Å². The quantitative estimate of drug-likeness (QED) is 0.418. The molecule has 7 atom stereocenters. The minimum Gasteiger partial charge on any atom is -0.462 e. The first kappa shape index (κ1) is 23.1. The molecule has 0 aromatic rings. The van der Waals surface area contributed by atoms with Crippen molar-refractivity contribution in [2.45, 2.75) is 112 Å². The molecular weight excluding hydrogens is 380 g/mol. The van der Waals surface area contributed by atoms with E-state index in [1.54, 1.807) is 11.1 Å². The highest BCUT2D eigenvalue weighted by Crippen LogP contribution is 2.70. The lowest BCUT2D eigenvalue weighted by molar-refractivity contribution is -0.149. The SMILES string of the molecule is CC(C)CCCC(C)C1CC[C@@]2(C)C3=CCC4[C@H](C)OC(=O)CC[C@]4(C)C3=CC[C@]12C. The maximum Gasteiger partial charge on any atom is 0.306 e. The molecule has 174 valence electrons. The third kappa shape index (κ3) is 3.55. The monoisotopic (exact) mass is 426 g/mol. The Morgan fingerprint density at radius 1 is 1.06 bits per heavy atom. The second-order valence-electron chi connectivity index (χ2n) is 12.6. The number of rotatable bonds is 5. The van der Waals surface area contributed by atoms with Crippen molar-refractivity contribution in [3.63, 3.8) is 0 Å². The smallest absolute Gasteiger partial charge is 0.306 e. The maximum absolute atomic E-state index is 12.2. The van der Waals surface area contributed by atoms with E-state index in [9.17, 15) is 4.79 Å². The lowest BCUT2D eigenvalue weighted by atomic mass is 9.48. The van der Waals surface area contributed by atoms with Crippen LogP contribution in [0.5, 0.6) is 0 Å². The molecule has 0 spiro atoms. The molecule has 0 aromatic heterocycles. The summed E-state index contributed by atoms with van der Waals surface area (Å²) < 4.78 is 5.76. The molecule has 4 aliphatic rings. The van der Waals surface area contributed by atoms with Gasteiger partial charge in [0, 0.05) is 12.3 Å². The molecule has 0 amide bonds. The van der Waals surface area contributed by atoms with Crippen LogP contribution >= 0.6 is 0 Å². The zero-order valence-electron chi connectivity index (χ0n) is 21.2. The number of fused-ring (bicyclic) bond motifs is 5. The van der Waals surface area contributed by atoms with Gasteiger partial charge in [0.25, 0.3) is 0 Å². The molecule has 1 heterocycles. The molecule has 1 aliphatic heterocycles. The Labute approximate surface area is 191 Å². The third-order valence-electron chi connectivity index (χ3n) is 10.5. The second kappa shape index (κ2) is 8.07. The predicted molar refractivity (Wildman–Crippen MR) is 129 cm³/mol. The van der Waals surface area contributed by atoms with Crippen LogP contribution in [0.15, 0.2) is 23.3 Å². The molecule has 0 aromatic carbocycles. The molecule has 0 radical (unpaired) electrons. The fourth-order valence-corrected chi connectivity index (χ4v) is 8.28. The minimum atomic E-state index is -0.00622. The topological polar surface area (TPSA) is 26.3 Å². The van der Waals surface area contributed by atoms with E-state index in [2.05, 4.69) is 60.6 Å². The molecule has 1 saturated heterocycles. The number of carbonyl (C=O) groups excluding carboxylic acids is 1. The summed E-state index contributed by atoms with van der Waals surface area (Å²) in [5, 5.41) is 0. The van der Waals surface area contributed by atoms with Gasteiger partial charge in [0.2, 0.25) is 0 Å². The lowest BCUT2D eigenvalue weighted by Crippen LogP contribution is -2.48. The van der Waals surface area contributed by atoms with Crippen molar-refractivity contribution in [1.82, 2.24) is 0 Å². The van der Waals surface area contributed by atoms with Gasteiger partial charge in [-0.05, 0) is 84.2 Å². The molecule has 2 heteroatoms. The summed E-state index contributed by atoms with van der Waals surface area (Å²) in [5.41, 5.74) is 3.90. The van der Waals surface area contributed by atoms with Crippen molar-refractivity contribution in [3.8, 4) is 0 Å². The van der Waals surface area contributed by atoms with Crippen molar-refractivity contribution < 1.29 is 9.53 Å². The van der Waals surface area contributed by atoms with E-state index in [-0.39, 0.29) is 22.9 Å². The van der Waals surface area contributed by atoms with Gasteiger partial charge in [-0.15, -0.1) is 0 Å². The highest BCUT2D eigenvalue weighted by molar-refractivity contribution is 5.70. The van der Waals surface area contributed by atoms with Gasteiger partial charge in [-0.1, -0.05) is 73.0 Å². The molecule has 1 saturated carbocycles. The highest BCUT2D eigenvalue weighted by atomic mass is 16.5. The van der Waals surface area contributed by atoms with Gasteiger partial charge in [0.1, 0.15) is 6.10 Å².